The first kappa shape index (κ1) is 24.3. The van der Waals surface area contributed by atoms with E-state index in [9.17, 15) is 4.79 Å². The topological polar surface area (TPSA) is 35.5 Å². The van der Waals surface area contributed by atoms with Gasteiger partial charge in [0.2, 0.25) is 0 Å². The van der Waals surface area contributed by atoms with E-state index in [1.54, 1.807) is 0 Å². The number of unbranched alkanes of at least 4 members (excludes halogenated alkanes) is 2. The number of thioether (sulfide) groups is 2. The lowest BCUT2D eigenvalue weighted by Crippen LogP contribution is -2.20. The molecule has 182 valence electrons. The summed E-state index contributed by atoms with van der Waals surface area (Å²) in [7, 11) is 0. The molecule has 1 aliphatic carbocycles. The van der Waals surface area contributed by atoms with Gasteiger partial charge in [0, 0.05) is 22.6 Å². The number of benzene rings is 3. The summed E-state index contributed by atoms with van der Waals surface area (Å²) in [6.07, 6.45) is 5.19. The second kappa shape index (κ2) is 10.7. The van der Waals surface area contributed by atoms with Gasteiger partial charge in [-0.2, -0.15) is 0 Å². The minimum absolute atomic E-state index is 0.105. The Labute approximate surface area is 217 Å². The summed E-state index contributed by atoms with van der Waals surface area (Å²) in [5.41, 5.74) is 6.07. The Balaban J connectivity index is 1.21. The lowest BCUT2D eigenvalue weighted by molar-refractivity contribution is 0.104. The average molecular weight is 505 g/mol. The van der Waals surface area contributed by atoms with Crippen molar-refractivity contribution in [3.05, 3.63) is 82.9 Å². The van der Waals surface area contributed by atoms with Gasteiger partial charge >= 0.3 is 0 Å². The fourth-order valence-corrected chi connectivity index (χ4v) is 7.23. The molecule has 0 bridgehead atoms. The van der Waals surface area contributed by atoms with Crippen molar-refractivity contribution in [1.82, 2.24) is 0 Å². The van der Waals surface area contributed by atoms with E-state index < -0.39 is 0 Å². The van der Waals surface area contributed by atoms with Crippen LogP contribution in [0.4, 0.5) is 0 Å². The Morgan fingerprint density at radius 3 is 2.14 bits per heavy atom. The highest BCUT2D eigenvalue weighted by atomic mass is 32.2. The molecular formula is C30H32O3S2. The van der Waals surface area contributed by atoms with Crippen molar-refractivity contribution in [2.45, 2.75) is 50.2 Å². The molecule has 0 amide bonds. The van der Waals surface area contributed by atoms with Crippen molar-refractivity contribution in [1.29, 1.82) is 0 Å². The molecule has 0 saturated carbocycles. The summed E-state index contributed by atoms with van der Waals surface area (Å²) in [6, 6.07) is 20.7. The van der Waals surface area contributed by atoms with E-state index in [-0.39, 0.29) is 10.0 Å². The van der Waals surface area contributed by atoms with Gasteiger partial charge in [-0.1, -0.05) is 44.0 Å². The lowest BCUT2D eigenvalue weighted by Gasteiger charge is -2.23. The third kappa shape index (κ3) is 5.57. The Kier molecular flexibility index (Phi) is 7.45. The molecule has 1 aliphatic heterocycles. The Hall–Kier alpha value is -2.37. The highest BCUT2D eigenvalue weighted by Gasteiger charge is 2.32. The number of carbonyl (C=O) groups excluding carboxylic acids is 1. The van der Waals surface area contributed by atoms with Gasteiger partial charge < -0.3 is 9.47 Å². The third-order valence-electron chi connectivity index (χ3n) is 6.61. The first-order valence-corrected chi connectivity index (χ1v) is 14.5. The Bertz CT molecular complexity index is 1200. The predicted molar refractivity (Wildman–Crippen MR) is 148 cm³/mol. The van der Waals surface area contributed by atoms with Crippen LogP contribution in [0.2, 0.25) is 0 Å². The van der Waals surface area contributed by atoms with Crippen LogP contribution in [0.1, 0.15) is 60.2 Å². The molecule has 35 heavy (non-hydrogen) atoms. The van der Waals surface area contributed by atoms with Crippen molar-refractivity contribution >= 4 is 29.3 Å². The number of ether oxygens (including phenoxy) is 2. The van der Waals surface area contributed by atoms with Crippen molar-refractivity contribution < 1.29 is 14.3 Å². The van der Waals surface area contributed by atoms with Crippen LogP contribution in [0.25, 0.3) is 11.1 Å². The van der Waals surface area contributed by atoms with Gasteiger partial charge in [-0.3, -0.25) is 4.79 Å². The zero-order valence-corrected chi connectivity index (χ0v) is 22.1. The van der Waals surface area contributed by atoms with Gasteiger partial charge in [0.05, 0.1) is 6.61 Å². The van der Waals surface area contributed by atoms with Crippen LogP contribution in [0.3, 0.4) is 0 Å². The summed E-state index contributed by atoms with van der Waals surface area (Å²) < 4.78 is 11.9. The molecule has 0 atom stereocenters. The molecule has 0 unspecified atom stereocenters. The van der Waals surface area contributed by atoms with E-state index in [4.69, 9.17) is 9.47 Å². The molecule has 1 fully saturated rings. The van der Waals surface area contributed by atoms with Gasteiger partial charge in [0.15, 0.2) is 10.0 Å². The third-order valence-corrected chi connectivity index (χ3v) is 9.61. The maximum atomic E-state index is 13.2. The first-order valence-electron chi connectivity index (χ1n) is 12.6. The molecule has 0 aromatic heterocycles. The SMILES string of the molecule is CCCCCOc1ccc2c(c1)C(=O)c1cc(CCc3ccc(OC4(C)SCCS4)cc3)ccc1-2. The smallest absolute Gasteiger partial charge is 0.198 e. The standard InChI is InChI=1S/C30H32O3S2/c1-3-4-5-16-32-24-13-15-26-25-14-10-22(19-27(25)29(31)28(26)20-24)7-6-21-8-11-23(12-9-21)33-30(2)34-17-18-35-30/h8-15,19-20H,3-7,16-18H2,1-2H3. The fourth-order valence-electron chi connectivity index (χ4n) is 4.67. The van der Waals surface area contributed by atoms with E-state index in [0.29, 0.717) is 6.61 Å². The fraction of sp³-hybridized carbons (Fsp3) is 0.367. The first-order chi connectivity index (χ1) is 17.0. The van der Waals surface area contributed by atoms with Crippen LogP contribution in [-0.4, -0.2) is 28.2 Å². The summed E-state index contributed by atoms with van der Waals surface area (Å²) >= 11 is 3.74. The molecule has 0 spiro atoms. The number of rotatable bonds is 10. The summed E-state index contributed by atoms with van der Waals surface area (Å²) in [5, 5.41) is 0. The molecule has 0 N–H and O–H groups in total. The van der Waals surface area contributed by atoms with Crippen molar-refractivity contribution in [2.75, 3.05) is 18.1 Å². The van der Waals surface area contributed by atoms with E-state index in [0.717, 1.165) is 70.9 Å². The average Bonchev–Trinajstić information content (AvgIpc) is 3.42. The minimum Gasteiger partial charge on any atom is -0.494 e. The highest BCUT2D eigenvalue weighted by molar-refractivity contribution is 8.21. The van der Waals surface area contributed by atoms with Crippen LogP contribution in [0.15, 0.2) is 60.7 Å². The summed E-state index contributed by atoms with van der Waals surface area (Å²) in [5.74, 6) is 4.09. The van der Waals surface area contributed by atoms with Crippen LogP contribution in [-0.2, 0) is 12.8 Å². The number of carbonyl (C=O) groups is 1. The van der Waals surface area contributed by atoms with E-state index in [1.807, 2.05) is 41.7 Å². The number of hydrogen-bond donors (Lipinski definition) is 0. The molecule has 3 aromatic carbocycles. The maximum absolute atomic E-state index is 13.2. The van der Waals surface area contributed by atoms with Gasteiger partial charge in [-0.15, -0.1) is 23.5 Å². The van der Waals surface area contributed by atoms with Crippen LogP contribution < -0.4 is 9.47 Å². The monoisotopic (exact) mass is 504 g/mol. The quantitative estimate of drug-likeness (QED) is 0.206. The van der Waals surface area contributed by atoms with Gasteiger partial charge in [-0.25, -0.2) is 0 Å². The van der Waals surface area contributed by atoms with Gasteiger partial charge in [0.1, 0.15) is 11.5 Å². The van der Waals surface area contributed by atoms with Crippen molar-refractivity contribution in [3.8, 4) is 22.6 Å². The molecule has 1 saturated heterocycles. The molecule has 1 heterocycles. The Morgan fingerprint density at radius 2 is 1.40 bits per heavy atom. The van der Waals surface area contributed by atoms with Crippen molar-refractivity contribution in [2.24, 2.45) is 0 Å². The molecular weight excluding hydrogens is 472 g/mol. The van der Waals surface area contributed by atoms with Gasteiger partial charge in [-0.05, 0) is 84.8 Å². The normalized spacial score (nSPS) is 15.7. The second-order valence-corrected chi connectivity index (χ2v) is 12.5. The van der Waals surface area contributed by atoms with Crippen molar-refractivity contribution in [3.63, 3.8) is 0 Å². The van der Waals surface area contributed by atoms with E-state index in [1.165, 1.54) is 17.5 Å². The summed E-state index contributed by atoms with van der Waals surface area (Å²) in [6.45, 7) is 5.03. The van der Waals surface area contributed by atoms with E-state index in [2.05, 4.69) is 56.3 Å². The Morgan fingerprint density at radius 1 is 0.771 bits per heavy atom. The molecule has 5 heteroatoms. The predicted octanol–water partition coefficient (Wildman–Crippen LogP) is 7.78. The minimum atomic E-state index is -0.169. The van der Waals surface area contributed by atoms with Crippen LogP contribution in [0.5, 0.6) is 11.5 Å². The maximum Gasteiger partial charge on any atom is 0.198 e. The zero-order chi connectivity index (χ0) is 24.3. The number of hydrogen-bond acceptors (Lipinski definition) is 5. The van der Waals surface area contributed by atoms with Crippen LogP contribution >= 0.6 is 23.5 Å². The zero-order valence-electron chi connectivity index (χ0n) is 20.5. The molecule has 3 aromatic rings. The largest absolute Gasteiger partial charge is 0.494 e. The molecule has 3 nitrogen and oxygen atoms in total. The molecule has 2 aliphatic rings. The lowest BCUT2D eigenvalue weighted by atomic mass is 9.99. The number of aryl methyl sites for hydroxylation is 2. The summed E-state index contributed by atoms with van der Waals surface area (Å²) in [4.78, 5) is 13.2. The highest BCUT2D eigenvalue weighted by Crippen LogP contribution is 2.44. The van der Waals surface area contributed by atoms with E-state index >= 15 is 0 Å². The second-order valence-electron chi connectivity index (χ2n) is 9.28. The number of fused-ring (bicyclic) bond motifs is 3. The van der Waals surface area contributed by atoms with Gasteiger partial charge in [0.25, 0.3) is 0 Å². The van der Waals surface area contributed by atoms with Crippen LogP contribution in [0, 0.1) is 0 Å². The molecule has 0 radical (unpaired) electrons. The number of ketones is 1. The molecule has 5 rings (SSSR count).